The number of nitrogens with zero attached hydrogens (tertiary/aromatic N) is 3. The third-order valence-corrected chi connectivity index (χ3v) is 5.23. The Hall–Kier alpha value is -3.20. The molecule has 0 aliphatic heterocycles. The molecule has 0 fully saturated rings. The molecule has 0 aliphatic rings. The summed E-state index contributed by atoms with van der Waals surface area (Å²) < 4.78 is 6.05. The van der Waals surface area contributed by atoms with Crippen molar-refractivity contribution in [1.29, 1.82) is 0 Å². The van der Waals surface area contributed by atoms with Gasteiger partial charge >= 0.3 is 5.76 Å². The van der Waals surface area contributed by atoms with Crippen molar-refractivity contribution in [2.75, 3.05) is 18.9 Å². The van der Waals surface area contributed by atoms with E-state index >= 15 is 0 Å². The Balaban J connectivity index is 1.62. The van der Waals surface area contributed by atoms with Crippen LogP contribution >= 0.6 is 11.3 Å². The van der Waals surface area contributed by atoms with E-state index in [1.54, 1.807) is 6.07 Å². The van der Waals surface area contributed by atoms with Gasteiger partial charge in [0.05, 0.1) is 11.4 Å². The summed E-state index contributed by atoms with van der Waals surface area (Å²) in [4.78, 5) is 38.7. The van der Waals surface area contributed by atoms with Crippen LogP contribution in [0, 0.1) is 20.8 Å². The van der Waals surface area contributed by atoms with E-state index < -0.39 is 11.7 Å². The first-order valence-corrected chi connectivity index (χ1v) is 9.86. The van der Waals surface area contributed by atoms with Crippen molar-refractivity contribution in [2.24, 2.45) is 0 Å². The lowest BCUT2D eigenvalue weighted by atomic mass is 10.1. The molecule has 2 heterocycles. The van der Waals surface area contributed by atoms with Gasteiger partial charge in [0.25, 0.3) is 5.89 Å². The molecule has 0 bridgehead atoms. The summed E-state index contributed by atoms with van der Waals surface area (Å²) in [5.41, 5.74) is 3.78. The van der Waals surface area contributed by atoms with Crippen LogP contribution in [0.4, 0.5) is 5.69 Å². The molecule has 9 heteroatoms. The molecule has 0 radical (unpaired) electrons. The van der Waals surface area contributed by atoms with E-state index in [2.05, 4.69) is 10.4 Å². The SMILES string of the molecule is Cc1cc(C)c(NC(=O)CN(C)C(=O)Cn2nc(-c3cccs3)oc2=O)c(C)c1. The maximum Gasteiger partial charge on any atom is 0.437 e. The second kappa shape index (κ2) is 8.44. The molecule has 3 aromatic rings. The zero-order valence-corrected chi connectivity index (χ0v) is 17.5. The van der Waals surface area contributed by atoms with Crippen LogP contribution in [0.2, 0.25) is 0 Å². The van der Waals surface area contributed by atoms with Gasteiger partial charge in [-0.05, 0) is 43.3 Å². The van der Waals surface area contributed by atoms with Gasteiger partial charge in [-0.1, -0.05) is 23.8 Å². The lowest BCUT2D eigenvalue weighted by Crippen LogP contribution is -2.38. The highest BCUT2D eigenvalue weighted by Gasteiger charge is 2.18. The van der Waals surface area contributed by atoms with Crippen LogP contribution in [0.5, 0.6) is 0 Å². The predicted octanol–water partition coefficient (Wildman–Crippen LogP) is 2.59. The van der Waals surface area contributed by atoms with E-state index in [9.17, 15) is 14.4 Å². The number of thiophene rings is 1. The first-order valence-electron chi connectivity index (χ1n) is 8.98. The molecule has 0 aliphatic carbocycles. The van der Waals surface area contributed by atoms with Crippen LogP contribution in [0.1, 0.15) is 16.7 Å². The molecule has 29 heavy (non-hydrogen) atoms. The van der Waals surface area contributed by atoms with Gasteiger partial charge in [-0.25, -0.2) is 4.79 Å². The molecule has 0 unspecified atom stereocenters. The Bertz CT molecular complexity index is 1080. The molecule has 8 nitrogen and oxygen atoms in total. The minimum atomic E-state index is -0.717. The molecule has 0 atom stereocenters. The average Bonchev–Trinajstić information content (AvgIpc) is 3.28. The Labute approximate surface area is 171 Å². The Morgan fingerprint density at radius 1 is 1.24 bits per heavy atom. The van der Waals surface area contributed by atoms with Crippen LogP contribution < -0.4 is 11.1 Å². The van der Waals surface area contributed by atoms with Crippen molar-refractivity contribution >= 4 is 28.8 Å². The van der Waals surface area contributed by atoms with Crippen LogP contribution in [-0.2, 0) is 16.1 Å². The van der Waals surface area contributed by atoms with Crippen molar-refractivity contribution in [2.45, 2.75) is 27.3 Å². The lowest BCUT2D eigenvalue weighted by Gasteiger charge is -2.18. The highest BCUT2D eigenvalue weighted by atomic mass is 32.1. The van der Waals surface area contributed by atoms with E-state index in [-0.39, 0.29) is 24.9 Å². The summed E-state index contributed by atoms with van der Waals surface area (Å²) in [6.45, 7) is 5.39. The summed E-state index contributed by atoms with van der Waals surface area (Å²) >= 11 is 1.38. The Morgan fingerprint density at radius 3 is 2.55 bits per heavy atom. The van der Waals surface area contributed by atoms with Crippen molar-refractivity contribution < 1.29 is 14.0 Å². The molecule has 2 amide bonds. The molecule has 3 rings (SSSR count). The lowest BCUT2D eigenvalue weighted by molar-refractivity contribution is -0.134. The first-order chi connectivity index (χ1) is 13.7. The van der Waals surface area contributed by atoms with Gasteiger partial charge in [-0.3, -0.25) is 9.59 Å². The quantitative estimate of drug-likeness (QED) is 0.669. The number of likely N-dealkylation sites (N-methyl/N-ethyl adjacent to an activating group) is 1. The standard InChI is InChI=1S/C20H22N4O4S/c1-12-8-13(2)18(14(3)9-12)21-16(25)10-23(4)17(26)11-24-20(27)28-19(22-24)15-6-5-7-29-15/h5-9H,10-11H2,1-4H3,(H,21,25). The fraction of sp³-hybridized carbons (Fsp3) is 0.300. The number of aryl methyl sites for hydroxylation is 3. The van der Waals surface area contributed by atoms with E-state index in [1.165, 1.54) is 23.3 Å². The molecular weight excluding hydrogens is 392 g/mol. The molecule has 0 saturated carbocycles. The first kappa shape index (κ1) is 20.5. The van der Waals surface area contributed by atoms with Gasteiger partial charge in [0.15, 0.2) is 0 Å². The van der Waals surface area contributed by atoms with Crippen molar-refractivity contribution in [1.82, 2.24) is 14.7 Å². The minimum Gasteiger partial charge on any atom is -0.387 e. The summed E-state index contributed by atoms with van der Waals surface area (Å²) in [6, 6.07) is 7.56. The van der Waals surface area contributed by atoms with Gasteiger partial charge in [0, 0.05) is 12.7 Å². The van der Waals surface area contributed by atoms with Crippen LogP contribution in [0.3, 0.4) is 0 Å². The number of aromatic nitrogens is 2. The molecule has 2 aromatic heterocycles. The molecular formula is C20H22N4O4S. The normalized spacial score (nSPS) is 10.8. The second-order valence-corrected chi connectivity index (χ2v) is 7.83. The number of hydrogen-bond donors (Lipinski definition) is 1. The van der Waals surface area contributed by atoms with E-state index in [0.717, 1.165) is 27.1 Å². The monoisotopic (exact) mass is 414 g/mol. The number of rotatable bonds is 6. The van der Waals surface area contributed by atoms with Gasteiger partial charge in [0.1, 0.15) is 6.54 Å². The van der Waals surface area contributed by atoms with Crippen molar-refractivity contribution in [3.8, 4) is 10.8 Å². The number of hydrogen-bond acceptors (Lipinski definition) is 6. The third kappa shape index (κ3) is 4.80. The van der Waals surface area contributed by atoms with Gasteiger partial charge in [-0.15, -0.1) is 16.4 Å². The Kier molecular flexibility index (Phi) is 5.97. The largest absolute Gasteiger partial charge is 0.437 e. The number of carbonyl (C=O) groups is 2. The predicted molar refractivity (Wildman–Crippen MR) is 111 cm³/mol. The van der Waals surface area contributed by atoms with Gasteiger partial charge in [-0.2, -0.15) is 4.68 Å². The van der Waals surface area contributed by atoms with Gasteiger partial charge < -0.3 is 14.6 Å². The van der Waals surface area contributed by atoms with Crippen LogP contribution in [0.15, 0.2) is 38.9 Å². The fourth-order valence-electron chi connectivity index (χ4n) is 3.01. The topological polar surface area (TPSA) is 97.4 Å². The number of benzene rings is 1. The highest BCUT2D eigenvalue weighted by molar-refractivity contribution is 7.13. The molecule has 0 saturated heterocycles. The molecule has 152 valence electrons. The zero-order valence-electron chi connectivity index (χ0n) is 16.7. The Morgan fingerprint density at radius 2 is 1.93 bits per heavy atom. The summed E-state index contributed by atoms with van der Waals surface area (Å²) in [7, 11) is 1.50. The van der Waals surface area contributed by atoms with Crippen molar-refractivity contribution in [3.63, 3.8) is 0 Å². The van der Waals surface area contributed by atoms with E-state index in [1.807, 2.05) is 44.4 Å². The number of amides is 2. The van der Waals surface area contributed by atoms with Gasteiger partial charge in [0.2, 0.25) is 11.8 Å². The highest BCUT2D eigenvalue weighted by Crippen LogP contribution is 2.22. The summed E-state index contributed by atoms with van der Waals surface area (Å²) in [6.07, 6.45) is 0. The van der Waals surface area contributed by atoms with Crippen LogP contribution in [-0.4, -0.2) is 40.1 Å². The van der Waals surface area contributed by atoms with Crippen molar-refractivity contribution in [3.05, 3.63) is 56.9 Å². The average molecular weight is 414 g/mol. The number of anilines is 1. The molecule has 0 spiro atoms. The fourth-order valence-corrected chi connectivity index (χ4v) is 3.66. The minimum absolute atomic E-state index is 0.143. The maximum atomic E-state index is 12.4. The summed E-state index contributed by atoms with van der Waals surface area (Å²) in [5.74, 6) is -1.29. The number of nitrogens with one attached hydrogen (secondary N) is 1. The van der Waals surface area contributed by atoms with Crippen LogP contribution in [0.25, 0.3) is 10.8 Å². The third-order valence-electron chi connectivity index (χ3n) is 4.37. The number of carbonyl (C=O) groups excluding carboxylic acids is 2. The smallest absolute Gasteiger partial charge is 0.387 e. The zero-order chi connectivity index (χ0) is 21.1. The van der Waals surface area contributed by atoms with E-state index in [0.29, 0.717) is 4.88 Å². The second-order valence-electron chi connectivity index (χ2n) is 6.88. The van der Waals surface area contributed by atoms with E-state index in [4.69, 9.17) is 4.42 Å². The summed E-state index contributed by atoms with van der Waals surface area (Å²) in [5, 5.41) is 8.74. The molecule has 1 N–H and O–H groups in total. The maximum absolute atomic E-state index is 12.4. The molecule has 1 aromatic carbocycles.